The number of carbonyl (C=O) groups is 1. The van der Waals surface area contributed by atoms with Gasteiger partial charge < -0.3 is 0 Å². The van der Waals surface area contributed by atoms with Crippen molar-refractivity contribution in [1.29, 1.82) is 0 Å². The summed E-state index contributed by atoms with van der Waals surface area (Å²) in [5.41, 5.74) is 0.564. The number of alkyl halides is 3. The van der Waals surface area contributed by atoms with E-state index in [1.165, 1.54) is 0 Å². The minimum atomic E-state index is -1.51. The van der Waals surface area contributed by atoms with Crippen LogP contribution in [0.2, 0.25) is 0 Å². The van der Waals surface area contributed by atoms with Gasteiger partial charge in [0.15, 0.2) is 9.58 Å². The molecule has 0 fully saturated rings. The van der Waals surface area contributed by atoms with Crippen LogP contribution in [0.25, 0.3) is 0 Å². The molecule has 0 atom stereocenters. The van der Waals surface area contributed by atoms with E-state index in [1.54, 1.807) is 24.3 Å². The highest BCUT2D eigenvalue weighted by Gasteiger charge is 2.24. The van der Waals surface area contributed by atoms with E-state index >= 15 is 0 Å². The molecule has 0 radical (unpaired) electrons. The van der Waals surface area contributed by atoms with Crippen molar-refractivity contribution in [3.8, 4) is 0 Å². The zero-order valence-corrected chi connectivity index (χ0v) is 8.90. The standard InChI is InChI=1S/C9H7Cl3O/c10-9(11,12)6-8(13)7-4-2-1-3-5-7/h1-5H,6H2. The quantitative estimate of drug-likeness (QED) is 0.567. The summed E-state index contributed by atoms with van der Waals surface area (Å²) >= 11 is 16.5. The van der Waals surface area contributed by atoms with Crippen LogP contribution in [-0.4, -0.2) is 9.58 Å². The number of rotatable bonds is 2. The number of benzene rings is 1. The number of carbonyl (C=O) groups excluding carboxylic acids is 1. The molecule has 70 valence electrons. The van der Waals surface area contributed by atoms with Crippen LogP contribution in [0.15, 0.2) is 30.3 Å². The van der Waals surface area contributed by atoms with Crippen LogP contribution in [0.1, 0.15) is 16.8 Å². The van der Waals surface area contributed by atoms with E-state index in [0.717, 1.165) is 0 Å². The van der Waals surface area contributed by atoms with Gasteiger partial charge in [-0.3, -0.25) is 4.79 Å². The lowest BCUT2D eigenvalue weighted by Gasteiger charge is -2.08. The van der Waals surface area contributed by atoms with Crippen LogP contribution in [0, 0.1) is 0 Å². The Morgan fingerprint density at radius 2 is 1.69 bits per heavy atom. The second kappa shape index (κ2) is 4.32. The van der Waals surface area contributed by atoms with E-state index in [0.29, 0.717) is 5.56 Å². The molecule has 0 bridgehead atoms. The minimum Gasteiger partial charge on any atom is -0.294 e. The summed E-state index contributed by atoms with van der Waals surface area (Å²) in [4.78, 5) is 11.4. The second-order valence-electron chi connectivity index (χ2n) is 2.58. The minimum absolute atomic E-state index is 0.0956. The zero-order valence-electron chi connectivity index (χ0n) is 6.64. The first-order chi connectivity index (χ1) is 5.99. The molecule has 0 saturated carbocycles. The average molecular weight is 238 g/mol. The summed E-state index contributed by atoms with van der Waals surface area (Å²) in [6.07, 6.45) is -0.0956. The van der Waals surface area contributed by atoms with Gasteiger partial charge in [0.25, 0.3) is 0 Å². The van der Waals surface area contributed by atoms with Crippen LogP contribution >= 0.6 is 34.8 Å². The summed E-state index contributed by atoms with van der Waals surface area (Å²) in [5.74, 6) is -0.166. The van der Waals surface area contributed by atoms with Gasteiger partial charge in [-0.1, -0.05) is 65.1 Å². The third kappa shape index (κ3) is 3.99. The predicted molar refractivity (Wildman–Crippen MR) is 55.7 cm³/mol. The van der Waals surface area contributed by atoms with Crippen molar-refractivity contribution in [3.05, 3.63) is 35.9 Å². The first-order valence-electron chi connectivity index (χ1n) is 3.64. The summed E-state index contributed by atoms with van der Waals surface area (Å²) in [7, 11) is 0. The SMILES string of the molecule is O=C(CC(Cl)(Cl)Cl)c1ccccc1. The highest BCUT2D eigenvalue weighted by Crippen LogP contribution is 2.31. The molecule has 4 heteroatoms. The van der Waals surface area contributed by atoms with Gasteiger partial charge >= 0.3 is 0 Å². The molecule has 0 spiro atoms. The lowest BCUT2D eigenvalue weighted by molar-refractivity contribution is 0.0984. The van der Waals surface area contributed by atoms with E-state index in [9.17, 15) is 4.79 Å². The molecule has 1 rings (SSSR count). The highest BCUT2D eigenvalue weighted by molar-refractivity contribution is 6.68. The molecule has 0 aromatic heterocycles. The van der Waals surface area contributed by atoms with Gasteiger partial charge in [-0.05, 0) is 0 Å². The smallest absolute Gasteiger partial charge is 0.197 e. The molecule has 0 aliphatic carbocycles. The van der Waals surface area contributed by atoms with Crippen LogP contribution in [0.3, 0.4) is 0 Å². The Morgan fingerprint density at radius 3 is 2.15 bits per heavy atom. The Bertz CT molecular complexity index is 289. The molecule has 0 unspecified atom stereocenters. The molecule has 0 heterocycles. The van der Waals surface area contributed by atoms with Gasteiger partial charge in [-0.15, -0.1) is 0 Å². The summed E-state index contributed by atoms with van der Waals surface area (Å²) < 4.78 is -1.51. The fraction of sp³-hybridized carbons (Fsp3) is 0.222. The van der Waals surface area contributed by atoms with E-state index in [2.05, 4.69) is 0 Å². The van der Waals surface area contributed by atoms with Crippen LogP contribution < -0.4 is 0 Å². The third-order valence-electron chi connectivity index (χ3n) is 1.46. The molecule has 1 aromatic carbocycles. The lowest BCUT2D eigenvalue weighted by Crippen LogP contribution is -2.11. The molecule has 0 aliphatic rings. The number of Topliss-reactive ketones (excluding diaryl/α,β-unsaturated/α-hetero) is 1. The average Bonchev–Trinajstić information content (AvgIpc) is 2.03. The van der Waals surface area contributed by atoms with Crippen molar-refractivity contribution in [1.82, 2.24) is 0 Å². The number of hydrogen-bond acceptors (Lipinski definition) is 1. The van der Waals surface area contributed by atoms with Gasteiger partial charge in [0.1, 0.15) is 0 Å². The van der Waals surface area contributed by atoms with Gasteiger partial charge in [0.05, 0.1) is 6.42 Å². The third-order valence-corrected chi connectivity index (χ3v) is 1.86. The Balaban J connectivity index is 2.71. The van der Waals surface area contributed by atoms with Crippen LogP contribution in [0.4, 0.5) is 0 Å². The Morgan fingerprint density at radius 1 is 1.15 bits per heavy atom. The molecular weight excluding hydrogens is 230 g/mol. The first kappa shape index (κ1) is 10.8. The normalized spacial score (nSPS) is 11.3. The molecule has 0 aliphatic heterocycles. The molecule has 13 heavy (non-hydrogen) atoms. The number of hydrogen-bond donors (Lipinski definition) is 0. The van der Waals surface area contributed by atoms with E-state index in [-0.39, 0.29) is 12.2 Å². The maximum Gasteiger partial charge on any atom is 0.197 e. The zero-order chi connectivity index (χ0) is 9.90. The van der Waals surface area contributed by atoms with Crippen molar-refractivity contribution in [2.24, 2.45) is 0 Å². The van der Waals surface area contributed by atoms with Gasteiger partial charge in [0.2, 0.25) is 0 Å². The summed E-state index contributed by atoms with van der Waals surface area (Å²) in [5, 5.41) is 0. The largest absolute Gasteiger partial charge is 0.294 e. The highest BCUT2D eigenvalue weighted by atomic mass is 35.6. The summed E-state index contributed by atoms with van der Waals surface area (Å²) in [6, 6.07) is 8.75. The predicted octanol–water partition coefficient (Wildman–Crippen LogP) is 3.63. The Labute approximate surface area is 91.6 Å². The Kier molecular flexibility index (Phi) is 3.60. The van der Waals surface area contributed by atoms with Crippen molar-refractivity contribution in [2.45, 2.75) is 10.2 Å². The van der Waals surface area contributed by atoms with Crippen LogP contribution in [-0.2, 0) is 0 Å². The fourth-order valence-corrected chi connectivity index (χ4v) is 1.27. The van der Waals surface area contributed by atoms with Crippen LogP contribution in [0.5, 0.6) is 0 Å². The number of ketones is 1. The van der Waals surface area contributed by atoms with Crippen molar-refractivity contribution >= 4 is 40.6 Å². The van der Waals surface area contributed by atoms with Gasteiger partial charge in [-0.2, -0.15) is 0 Å². The molecule has 1 nitrogen and oxygen atoms in total. The Hall–Kier alpha value is -0.240. The van der Waals surface area contributed by atoms with Crippen molar-refractivity contribution in [2.75, 3.05) is 0 Å². The molecule has 1 aromatic rings. The molecule has 0 N–H and O–H groups in total. The lowest BCUT2D eigenvalue weighted by atomic mass is 10.1. The van der Waals surface area contributed by atoms with Crippen molar-refractivity contribution in [3.63, 3.8) is 0 Å². The monoisotopic (exact) mass is 236 g/mol. The number of halogens is 3. The first-order valence-corrected chi connectivity index (χ1v) is 4.77. The van der Waals surface area contributed by atoms with Gasteiger partial charge in [0, 0.05) is 5.56 Å². The maximum atomic E-state index is 11.4. The topological polar surface area (TPSA) is 17.1 Å². The summed E-state index contributed by atoms with van der Waals surface area (Å²) in [6.45, 7) is 0. The van der Waals surface area contributed by atoms with E-state index in [4.69, 9.17) is 34.8 Å². The fourth-order valence-electron chi connectivity index (χ4n) is 0.908. The second-order valence-corrected chi connectivity index (χ2v) is 5.10. The maximum absolute atomic E-state index is 11.4. The molecular formula is C9H7Cl3O. The molecule has 0 amide bonds. The van der Waals surface area contributed by atoms with E-state index < -0.39 is 3.79 Å². The van der Waals surface area contributed by atoms with Crippen molar-refractivity contribution < 1.29 is 4.79 Å². The van der Waals surface area contributed by atoms with E-state index in [1.807, 2.05) is 6.07 Å². The van der Waals surface area contributed by atoms with Gasteiger partial charge in [-0.25, -0.2) is 0 Å². The molecule has 0 saturated heterocycles.